The summed E-state index contributed by atoms with van der Waals surface area (Å²) in [4.78, 5) is 26.7. The van der Waals surface area contributed by atoms with Crippen molar-refractivity contribution in [3.05, 3.63) is 41.1 Å². The summed E-state index contributed by atoms with van der Waals surface area (Å²) in [5.41, 5.74) is 2.82. The van der Waals surface area contributed by atoms with Gasteiger partial charge in [0, 0.05) is 31.6 Å². The highest BCUT2D eigenvalue weighted by atomic mass is 16.6. The topological polar surface area (TPSA) is 79.9 Å². The van der Waals surface area contributed by atoms with E-state index in [2.05, 4.69) is 29.4 Å². The fourth-order valence-corrected chi connectivity index (χ4v) is 2.98. The summed E-state index contributed by atoms with van der Waals surface area (Å²) in [6.07, 6.45) is 0. The van der Waals surface area contributed by atoms with E-state index in [-0.39, 0.29) is 12.6 Å². The summed E-state index contributed by atoms with van der Waals surface area (Å²) in [6, 6.07) is 6.97. The number of methoxy groups -OCH3 is 1. The summed E-state index contributed by atoms with van der Waals surface area (Å²) in [7, 11) is 1.54. The van der Waals surface area contributed by atoms with E-state index in [1.807, 2.05) is 24.3 Å². The van der Waals surface area contributed by atoms with Crippen LogP contribution in [-0.2, 0) is 14.3 Å². The molecule has 0 saturated heterocycles. The summed E-state index contributed by atoms with van der Waals surface area (Å²) in [5.74, 6) is -0.468. The van der Waals surface area contributed by atoms with Gasteiger partial charge in [0.1, 0.15) is 6.61 Å². The first-order valence-corrected chi connectivity index (χ1v) is 8.81. The first-order valence-electron chi connectivity index (χ1n) is 8.81. The van der Waals surface area contributed by atoms with Gasteiger partial charge in [-0.25, -0.2) is 9.59 Å². The Balaban J connectivity index is 2.27. The van der Waals surface area contributed by atoms with Gasteiger partial charge in [-0.1, -0.05) is 12.1 Å². The molecule has 142 valence electrons. The number of esters is 1. The molecule has 0 aliphatic carbocycles. The van der Waals surface area contributed by atoms with Crippen molar-refractivity contribution in [3.63, 3.8) is 0 Å². The fourth-order valence-electron chi connectivity index (χ4n) is 2.98. The highest BCUT2D eigenvalue weighted by Crippen LogP contribution is 2.29. The zero-order valence-corrected chi connectivity index (χ0v) is 15.8. The zero-order valence-electron chi connectivity index (χ0n) is 15.8. The van der Waals surface area contributed by atoms with E-state index >= 15 is 0 Å². The highest BCUT2D eigenvalue weighted by Gasteiger charge is 2.32. The van der Waals surface area contributed by atoms with E-state index in [1.165, 1.54) is 0 Å². The van der Waals surface area contributed by atoms with Gasteiger partial charge in [-0.05, 0) is 38.5 Å². The molecule has 1 unspecified atom stereocenters. The molecule has 1 aromatic carbocycles. The minimum Gasteiger partial charge on any atom is -0.460 e. The van der Waals surface area contributed by atoms with Gasteiger partial charge < -0.3 is 25.0 Å². The van der Waals surface area contributed by atoms with Gasteiger partial charge in [0.15, 0.2) is 0 Å². The lowest BCUT2D eigenvalue weighted by Crippen LogP contribution is -2.45. The van der Waals surface area contributed by atoms with Crippen LogP contribution in [0.4, 0.5) is 10.5 Å². The number of amides is 2. The molecule has 1 aliphatic rings. The third kappa shape index (κ3) is 4.54. The van der Waals surface area contributed by atoms with Crippen molar-refractivity contribution < 1.29 is 19.1 Å². The Kier molecular flexibility index (Phi) is 7.03. The Bertz CT molecular complexity index is 666. The van der Waals surface area contributed by atoms with Gasteiger partial charge in [0.05, 0.1) is 18.2 Å². The number of carbonyl (C=O) groups excluding carboxylic acids is 2. The highest BCUT2D eigenvalue weighted by molar-refractivity contribution is 5.95. The van der Waals surface area contributed by atoms with E-state index in [0.29, 0.717) is 17.9 Å². The molecule has 1 heterocycles. The SMILES string of the molecule is CCN(CC)c1ccc(C2NC(=O)NC(C)=C2C(=O)OCCOC)cc1. The van der Waals surface area contributed by atoms with Gasteiger partial charge >= 0.3 is 12.0 Å². The Morgan fingerprint density at radius 1 is 1.15 bits per heavy atom. The molecule has 7 nitrogen and oxygen atoms in total. The van der Waals surface area contributed by atoms with Crippen LogP contribution < -0.4 is 15.5 Å². The van der Waals surface area contributed by atoms with Crippen LogP contribution in [0.2, 0.25) is 0 Å². The van der Waals surface area contributed by atoms with Crippen molar-refractivity contribution in [1.29, 1.82) is 0 Å². The molecule has 0 aromatic heterocycles. The Morgan fingerprint density at radius 3 is 2.38 bits per heavy atom. The maximum absolute atomic E-state index is 12.5. The predicted octanol–water partition coefficient (Wildman–Crippen LogP) is 2.35. The summed E-state index contributed by atoms with van der Waals surface area (Å²) >= 11 is 0. The Hall–Kier alpha value is -2.54. The number of urea groups is 1. The van der Waals surface area contributed by atoms with E-state index in [0.717, 1.165) is 24.3 Å². The molecule has 7 heteroatoms. The van der Waals surface area contributed by atoms with Crippen LogP contribution in [0.25, 0.3) is 0 Å². The van der Waals surface area contributed by atoms with Crippen molar-refractivity contribution in [2.24, 2.45) is 0 Å². The lowest BCUT2D eigenvalue weighted by atomic mass is 9.95. The van der Waals surface area contributed by atoms with Crippen molar-refractivity contribution in [2.45, 2.75) is 26.8 Å². The second-order valence-electron chi connectivity index (χ2n) is 5.96. The van der Waals surface area contributed by atoms with Crippen molar-refractivity contribution in [2.75, 3.05) is 38.3 Å². The molecule has 0 fully saturated rings. The number of nitrogens with one attached hydrogen (secondary N) is 2. The normalized spacial score (nSPS) is 16.8. The number of allylic oxidation sites excluding steroid dienone is 1. The van der Waals surface area contributed by atoms with Crippen LogP contribution in [0, 0.1) is 0 Å². The number of benzene rings is 1. The molecule has 1 aliphatic heterocycles. The Morgan fingerprint density at radius 2 is 1.81 bits per heavy atom. The molecular formula is C19H27N3O4. The largest absolute Gasteiger partial charge is 0.460 e. The number of nitrogens with zero attached hydrogens (tertiary/aromatic N) is 1. The smallest absolute Gasteiger partial charge is 0.338 e. The van der Waals surface area contributed by atoms with Crippen LogP contribution >= 0.6 is 0 Å². The molecule has 0 radical (unpaired) electrons. The number of hydrogen-bond acceptors (Lipinski definition) is 5. The third-order valence-electron chi connectivity index (χ3n) is 4.36. The van der Waals surface area contributed by atoms with Gasteiger partial charge in [0.2, 0.25) is 0 Å². The van der Waals surface area contributed by atoms with Crippen molar-refractivity contribution in [3.8, 4) is 0 Å². The van der Waals surface area contributed by atoms with Crippen LogP contribution in [-0.4, -0.2) is 45.4 Å². The number of rotatable bonds is 8. The summed E-state index contributed by atoms with van der Waals surface area (Å²) in [6.45, 7) is 8.21. The summed E-state index contributed by atoms with van der Waals surface area (Å²) < 4.78 is 10.2. The molecule has 0 spiro atoms. The zero-order chi connectivity index (χ0) is 19.1. The van der Waals surface area contributed by atoms with Crippen LogP contribution in [0.3, 0.4) is 0 Å². The monoisotopic (exact) mass is 361 g/mol. The van der Waals surface area contributed by atoms with Crippen LogP contribution in [0.1, 0.15) is 32.4 Å². The number of ether oxygens (including phenoxy) is 2. The Labute approximate surface area is 154 Å². The van der Waals surface area contributed by atoms with Gasteiger partial charge in [0.25, 0.3) is 0 Å². The fraction of sp³-hybridized carbons (Fsp3) is 0.474. The molecule has 2 rings (SSSR count). The molecule has 26 heavy (non-hydrogen) atoms. The molecule has 0 bridgehead atoms. The van der Waals surface area contributed by atoms with Crippen molar-refractivity contribution >= 4 is 17.7 Å². The van der Waals surface area contributed by atoms with E-state index in [9.17, 15) is 9.59 Å². The second kappa shape index (κ2) is 9.24. The minimum atomic E-state index is -0.551. The average molecular weight is 361 g/mol. The minimum absolute atomic E-state index is 0.160. The molecule has 1 atom stereocenters. The maximum Gasteiger partial charge on any atom is 0.338 e. The molecule has 1 aromatic rings. The lowest BCUT2D eigenvalue weighted by molar-refractivity contribution is -0.140. The molecule has 2 amide bonds. The van der Waals surface area contributed by atoms with Crippen LogP contribution in [0.5, 0.6) is 0 Å². The van der Waals surface area contributed by atoms with Crippen molar-refractivity contribution in [1.82, 2.24) is 10.6 Å². The maximum atomic E-state index is 12.5. The first-order chi connectivity index (χ1) is 12.5. The lowest BCUT2D eigenvalue weighted by Gasteiger charge is -2.28. The molecular weight excluding hydrogens is 334 g/mol. The van der Waals surface area contributed by atoms with Gasteiger partial charge in [-0.15, -0.1) is 0 Å². The number of carbonyl (C=O) groups is 2. The van der Waals surface area contributed by atoms with E-state index < -0.39 is 12.0 Å². The second-order valence-corrected chi connectivity index (χ2v) is 5.96. The average Bonchev–Trinajstić information content (AvgIpc) is 2.62. The van der Waals surface area contributed by atoms with Gasteiger partial charge in [-0.3, -0.25) is 0 Å². The van der Waals surface area contributed by atoms with E-state index in [4.69, 9.17) is 9.47 Å². The quantitative estimate of drug-likeness (QED) is 0.549. The molecule has 0 saturated carbocycles. The first kappa shape index (κ1) is 19.8. The van der Waals surface area contributed by atoms with Crippen LogP contribution in [0.15, 0.2) is 35.5 Å². The standard InChI is InChI=1S/C19H27N3O4/c1-5-22(6-2)15-9-7-14(8-10-15)17-16(13(3)20-19(24)21-17)18(23)26-12-11-25-4/h7-10,17H,5-6,11-12H2,1-4H3,(H2,20,21,24). The molecule has 2 N–H and O–H groups in total. The number of anilines is 1. The van der Waals surface area contributed by atoms with Gasteiger partial charge in [-0.2, -0.15) is 0 Å². The number of hydrogen-bond donors (Lipinski definition) is 2. The summed E-state index contributed by atoms with van der Waals surface area (Å²) in [5, 5.41) is 5.45. The predicted molar refractivity (Wildman–Crippen MR) is 99.9 cm³/mol. The van der Waals surface area contributed by atoms with E-state index in [1.54, 1.807) is 14.0 Å². The third-order valence-corrected chi connectivity index (χ3v) is 4.36.